The Morgan fingerprint density at radius 2 is 2.44 bits per heavy atom. The summed E-state index contributed by atoms with van der Waals surface area (Å²) in [5.74, 6) is 0.741. The van der Waals surface area contributed by atoms with Gasteiger partial charge in [0, 0.05) is 24.0 Å². The Hall–Kier alpha value is -0.870. The summed E-state index contributed by atoms with van der Waals surface area (Å²) in [4.78, 5) is 5.90. The number of hydrogen-bond donors (Lipinski definition) is 1. The lowest BCUT2D eigenvalue weighted by atomic mass is 10.2. The van der Waals surface area contributed by atoms with Crippen molar-refractivity contribution < 1.29 is 0 Å². The maximum atomic E-state index is 4.75. The fourth-order valence-corrected chi connectivity index (χ4v) is 2.83. The van der Waals surface area contributed by atoms with E-state index >= 15 is 0 Å². The molecule has 3 nitrogen and oxygen atoms in total. The van der Waals surface area contributed by atoms with E-state index in [1.165, 1.54) is 30.7 Å². The van der Waals surface area contributed by atoms with Crippen molar-refractivity contribution in [3.8, 4) is 0 Å². The fourth-order valence-electron chi connectivity index (χ4n) is 2.09. The lowest BCUT2D eigenvalue weighted by Crippen LogP contribution is -2.16. The molecule has 1 saturated carbocycles. The molecule has 1 N–H and O–H groups in total. The summed E-state index contributed by atoms with van der Waals surface area (Å²) >= 11 is 1.73. The van der Waals surface area contributed by atoms with Crippen molar-refractivity contribution >= 4 is 16.3 Å². The van der Waals surface area contributed by atoms with Crippen LogP contribution in [0, 0.1) is 0 Å². The van der Waals surface area contributed by atoms with Crippen molar-refractivity contribution in [2.45, 2.75) is 38.6 Å². The number of hydrogen-bond acceptors (Lipinski definition) is 3. The third kappa shape index (κ3) is 1.76. The molecule has 0 unspecified atom stereocenters. The van der Waals surface area contributed by atoms with Gasteiger partial charge in [-0.1, -0.05) is 6.92 Å². The molecule has 0 atom stereocenters. The lowest BCUT2D eigenvalue weighted by Gasteiger charge is -2.04. The number of rotatable bonds is 5. The van der Waals surface area contributed by atoms with Crippen LogP contribution < -0.4 is 5.32 Å². The van der Waals surface area contributed by atoms with Crippen molar-refractivity contribution in [3.05, 3.63) is 23.0 Å². The molecule has 4 heteroatoms. The molecule has 1 aliphatic rings. The zero-order valence-corrected chi connectivity index (χ0v) is 10.4. The lowest BCUT2D eigenvalue weighted by molar-refractivity contribution is 0.656. The fraction of sp³-hybridized carbons (Fsp3) is 0.583. The van der Waals surface area contributed by atoms with Gasteiger partial charge in [0.1, 0.15) is 0 Å². The van der Waals surface area contributed by atoms with Crippen LogP contribution in [0.15, 0.2) is 11.6 Å². The summed E-state index contributed by atoms with van der Waals surface area (Å²) in [7, 11) is 0. The normalized spacial score (nSPS) is 16.1. The van der Waals surface area contributed by atoms with Crippen LogP contribution in [-0.4, -0.2) is 15.9 Å². The van der Waals surface area contributed by atoms with Crippen LogP contribution in [0.3, 0.4) is 0 Å². The number of nitrogens with zero attached hydrogens (tertiary/aromatic N) is 2. The first-order chi connectivity index (χ1) is 7.90. The molecule has 16 heavy (non-hydrogen) atoms. The van der Waals surface area contributed by atoms with E-state index in [1.807, 2.05) is 0 Å². The summed E-state index contributed by atoms with van der Waals surface area (Å²) in [6, 6.07) is 0. The second-order valence-electron chi connectivity index (χ2n) is 4.45. The molecule has 0 amide bonds. The van der Waals surface area contributed by atoms with Gasteiger partial charge in [-0.25, -0.2) is 4.98 Å². The second-order valence-corrected chi connectivity index (χ2v) is 5.32. The average molecular weight is 235 g/mol. The van der Waals surface area contributed by atoms with E-state index in [1.54, 1.807) is 11.3 Å². The van der Waals surface area contributed by atoms with E-state index in [-0.39, 0.29) is 0 Å². The van der Waals surface area contributed by atoms with Crippen molar-refractivity contribution in [2.75, 3.05) is 6.54 Å². The minimum atomic E-state index is 0.741. The molecule has 86 valence electrons. The molecule has 1 fully saturated rings. The largest absolute Gasteiger partial charge is 0.311 e. The Balaban J connectivity index is 1.90. The Morgan fingerprint density at radius 3 is 3.19 bits per heavy atom. The Kier molecular flexibility index (Phi) is 2.69. The van der Waals surface area contributed by atoms with Gasteiger partial charge in [0.2, 0.25) is 0 Å². The molecule has 3 rings (SSSR count). The Labute approximate surface area is 99.5 Å². The van der Waals surface area contributed by atoms with Crippen molar-refractivity contribution in [3.63, 3.8) is 0 Å². The van der Waals surface area contributed by atoms with Gasteiger partial charge in [-0.05, 0) is 25.8 Å². The van der Waals surface area contributed by atoms with Crippen LogP contribution in [0.1, 0.15) is 43.5 Å². The van der Waals surface area contributed by atoms with Crippen LogP contribution in [0.25, 0.3) is 4.96 Å². The first-order valence-electron chi connectivity index (χ1n) is 6.05. The molecule has 0 radical (unpaired) electrons. The number of fused-ring (bicyclic) bond motifs is 1. The zero-order chi connectivity index (χ0) is 11.0. The number of thiazole rings is 1. The van der Waals surface area contributed by atoms with Gasteiger partial charge in [0.25, 0.3) is 0 Å². The first kappa shape index (κ1) is 10.3. The highest BCUT2D eigenvalue weighted by Gasteiger charge is 2.29. The first-order valence-corrected chi connectivity index (χ1v) is 6.93. The zero-order valence-electron chi connectivity index (χ0n) is 9.57. The summed E-state index contributed by atoms with van der Waals surface area (Å²) in [5, 5.41) is 5.60. The number of imidazole rings is 1. The predicted molar refractivity (Wildman–Crippen MR) is 67.0 cm³/mol. The highest BCUT2D eigenvalue weighted by atomic mass is 32.1. The van der Waals surface area contributed by atoms with Gasteiger partial charge < -0.3 is 5.32 Å². The van der Waals surface area contributed by atoms with E-state index in [4.69, 9.17) is 4.98 Å². The molecule has 0 aromatic carbocycles. The summed E-state index contributed by atoms with van der Waals surface area (Å²) in [6.45, 7) is 4.24. The molecule has 0 spiro atoms. The topological polar surface area (TPSA) is 29.3 Å². The Morgan fingerprint density at radius 1 is 1.56 bits per heavy atom. The van der Waals surface area contributed by atoms with Crippen LogP contribution in [-0.2, 0) is 6.54 Å². The van der Waals surface area contributed by atoms with Crippen LogP contribution in [0.2, 0.25) is 0 Å². The smallest absolute Gasteiger partial charge is 0.194 e. The van der Waals surface area contributed by atoms with E-state index < -0.39 is 0 Å². The van der Waals surface area contributed by atoms with Crippen molar-refractivity contribution in [2.24, 2.45) is 0 Å². The summed E-state index contributed by atoms with van der Waals surface area (Å²) in [5.41, 5.74) is 2.72. The van der Waals surface area contributed by atoms with Crippen LogP contribution >= 0.6 is 11.3 Å². The van der Waals surface area contributed by atoms with Gasteiger partial charge in [-0.2, -0.15) is 0 Å². The van der Waals surface area contributed by atoms with Crippen LogP contribution in [0.5, 0.6) is 0 Å². The molecular formula is C12H17N3S. The predicted octanol–water partition coefficient (Wildman–Crippen LogP) is 2.77. The highest BCUT2D eigenvalue weighted by molar-refractivity contribution is 7.15. The molecule has 0 bridgehead atoms. The molecule has 2 aromatic rings. The molecule has 0 saturated heterocycles. The van der Waals surface area contributed by atoms with Gasteiger partial charge in [-0.3, -0.25) is 4.40 Å². The van der Waals surface area contributed by atoms with Crippen molar-refractivity contribution in [1.29, 1.82) is 0 Å². The maximum Gasteiger partial charge on any atom is 0.194 e. The minimum Gasteiger partial charge on any atom is -0.311 e. The minimum absolute atomic E-state index is 0.741. The number of nitrogens with one attached hydrogen (secondary N) is 1. The SMILES string of the molecule is CCCNCc1c(C2CC2)nc2sccn12. The molecule has 2 heterocycles. The van der Waals surface area contributed by atoms with Gasteiger partial charge in [0.15, 0.2) is 4.96 Å². The standard InChI is InChI=1S/C12H17N3S/c1-2-5-13-8-10-11(9-3-4-9)14-12-15(10)6-7-16-12/h6-7,9,13H,2-5,8H2,1H3. The van der Waals surface area contributed by atoms with Gasteiger partial charge >= 0.3 is 0 Å². The summed E-state index contributed by atoms with van der Waals surface area (Å²) < 4.78 is 2.25. The molecular weight excluding hydrogens is 218 g/mol. The second kappa shape index (κ2) is 4.18. The monoisotopic (exact) mass is 235 g/mol. The molecule has 1 aliphatic carbocycles. The number of aromatic nitrogens is 2. The van der Waals surface area contributed by atoms with Crippen LogP contribution in [0.4, 0.5) is 0 Å². The van der Waals surface area contributed by atoms with Gasteiger partial charge in [0.05, 0.1) is 11.4 Å². The average Bonchev–Trinajstić information content (AvgIpc) is 2.92. The van der Waals surface area contributed by atoms with E-state index in [9.17, 15) is 0 Å². The third-order valence-corrected chi connectivity index (χ3v) is 3.83. The maximum absolute atomic E-state index is 4.75. The quantitative estimate of drug-likeness (QED) is 0.807. The Bertz CT molecular complexity index is 481. The highest BCUT2D eigenvalue weighted by Crippen LogP contribution is 2.41. The van der Waals surface area contributed by atoms with E-state index in [0.717, 1.165) is 24.0 Å². The van der Waals surface area contributed by atoms with Gasteiger partial charge in [-0.15, -0.1) is 11.3 Å². The summed E-state index contributed by atoms with van der Waals surface area (Å²) in [6.07, 6.45) is 5.98. The molecule has 0 aliphatic heterocycles. The molecule has 2 aromatic heterocycles. The van der Waals surface area contributed by atoms with E-state index in [0.29, 0.717) is 0 Å². The van der Waals surface area contributed by atoms with E-state index in [2.05, 4.69) is 28.2 Å². The van der Waals surface area contributed by atoms with Crippen molar-refractivity contribution in [1.82, 2.24) is 14.7 Å². The third-order valence-electron chi connectivity index (χ3n) is 3.08.